The number of Topliss-reactive ketones (excluding diaryl/α,β-unsaturated/α-hetero) is 1. The van der Waals surface area contributed by atoms with Crippen molar-refractivity contribution in [1.82, 2.24) is 4.90 Å². The van der Waals surface area contributed by atoms with Gasteiger partial charge in [-0.25, -0.2) is 9.59 Å². The maximum absolute atomic E-state index is 13.5. The first kappa shape index (κ1) is 32.4. The van der Waals surface area contributed by atoms with E-state index in [2.05, 4.69) is 0 Å². The van der Waals surface area contributed by atoms with Crippen molar-refractivity contribution in [3.05, 3.63) is 40.6 Å². The van der Waals surface area contributed by atoms with Crippen molar-refractivity contribution in [2.45, 2.75) is 97.2 Å². The molecule has 8 nitrogen and oxygen atoms in total. The van der Waals surface area contributed by atoms with E-state index in [0.29, 0.717) is 25.0 Å². The average Bonchev–Trinajstić information content (AvgIpc) is 2.83. The van der Waals surface area contributed by atoms with Gasteiger partial charge in [0.05, 0.1) is 12.6 Å². The molecule has 0 N–H and O–H groups in total. The molecule has 0 aliphatic carbocycles. The average molecular weight is 584 g/mol. The lowest BCUT2D eigenvalue weighted by molar-refractivity contribution is -0.244. The number of hydrogen-bond donors (Lipinski definition) is 0. The van der Waals surface area contributed by atoms with Crippen molar-refractivity contribution >= 4 is 17.7 Å². The molecule has 11 heteroatoms. The fourth-order valence-corrected chi connectivity index (χ4v) is 4.84. The second-order valence-corrected chi connectivity index (χ2v) is 12.3. The van der Waals surface area contributed by atoms with E-state index in [-0.39, 0.29) is 41.9 Å². The molecule has 2 atom stereocenters. The molecule has 1 aromatic rings. The number of alkyl halides is 3. The highest BCUT2D eigenvalue weighted by molar-refractivity contribution is 6.18. The van der Waals surface area contributed by atoms with Crippen molar-refractivity contribution in [2.24, 2.45) is 5.92 Å². The van der Waals surface area contributed by atoms with Crippen molar-refractivity contribution in [2.75, 3.05) is 20.3 Å². The summed E-state index contributed by atoms with van der Waals surface area (Å²) in [5.41, 5.74) is -2.37. The van der Waals surface area contributed by atoms with Gasteiger partial charge in [-0.05, 0) is 70.2 Å². The molecule has 41 heavy (non-hydrogen) atoms. The zero-order valence-corrected chi connectivity index (χ0v) is 24.9. The quantitative estimate of drug-likeness (QED) is 0.207. The largest absolute Gasteiger partial charge is 0.493 e. The van der Waals surface area contributed by atoms with Gasteiger partial charge in [-0.15, -0.1) is 0 Å². The number of esters is 2. The Morgan fingerprint density at radius 2 is 1.66 bits per heavy atom. The molecule has 2 aliphatic rings. The summed E-state index contributed by atoms with van der Waals surface area (Å²) in [6.07, 6.45) is -2.35. The Bertz CT molecular complexity index is 1200. The van der Waals surface area contributed by atoms with Crippen LogP contribution in [0.25, 0.3) is 0 Å². The third-order valence-electron chi connectivity index (χ3n) is 7.12. The second kappa shape index (κ2) is 12.0. The number of carbonyl (C=O) groups is 3. The number of benzene rings is 1. The number of carbonyl (C=O) groups excluding carboxylic acids is 3. The molecular weight excluding hydrogens is 543 g/mol. The predicted molar refractivity (Wildman–Crippen MR) is 144 cm³/mol. The summed E-state index contributed by atoms with van der Waals surface area (Å²) in [5.74, 6) is -2.11. The van der Waals surface area contributed by atoms with Crippen LogP contribution < -0.4 is 4.74 Å². The molecule has 0 amide bonds. The maximum Gasteiger partial charge on any atom is 0.427 e. The summed E-state index contributed by atoms with van der Waals surface area (Å²) in [5, 5.41) is 0. The topological polar surface area (TPSA) is 91.4 Å². The summed E-state index contributed by atoms with van der Waals surface area (Å²) >= 11 is 0. The van der Waals surface area contributed by atoms with Crippen LogP contribution in [0.5, 0.6) is 5.75 Å². The Morgan fingerprint density at radius 3 is 2.22 bits per heavy atom. The Labute approximate surface area is 239 Å². The number of methoxy groups -OCH3 is 1. The number of ketones is 1. The van der Waals surface area contributed by atoms with Crippen LogP contribution in [-0.2, 0) is 30.2 Å². The van der Waals surface area contributed by atoms with Gasteiger partial charge < -0.3 is 23.8 Å². The van der Waals surface area contributed by atoms with Crippen LogP contribution in [0.2, 0.25) is 0 Å². The Morgan fingerprint density at radius 1 is 1.00 bits per heavy atom. The number of fused-ring (bicyclic) bond motifs is 3. The minimum atomic E-state index is -4.80. The number of hydrogen-bond acceptors (Lipinski definition) is 8. The van der Waals surface area contributed by atoms with E-state index in [1.165, 1.54) is 19.4 Å². The normalized spacial score (nSPS) is 19.4. The van der Waals surface area contributed by atoms with Gasteiger partial charge in [-0.3, -0.25) is 4.79 Å². The lowest BCUT2D eigenvalue weighted by Crippen LogP contribution is -2.47. The zero-order valence-electron chi connectivity index (χ0n) is 24.9. The van der Waals surface area contributed by atoms with Crippen LogP contribution in [0.15, 0.2) is 23.9 Å². The van der Waals surface area contributed by atoms with Crippen LogP contribution >= 0.6 is 0 Å². The monoisotopic (exact) mass is 583 g/mol. The third-order valence-corrected chi connectivity index (χ3v) is 7.12. The molecule has 0 saturated heterocycles. The molecule has 0 fully saturated rings. The SMILES string of the molecule is COCCCOc1cc2c(cc1C(=O)OC(C)(C)C(F)(F)F)C1CC(=O)C(C(=O)OC(C)(C)C)=CN1C(C(C)C)C2. The summed E-state index contributed by atoms with van der Waals surface area (Å²) < 4.78 is 61.9. The minimum Gasteiger partial charge on any atom is -0.493 e. The van der Waals surface area contributed by atoms with Crippen LogP contribution in [0.4, 0.5) is 13.2 Å². The third kappa shape index (κ3) is 7.42. The van der Waals surface area contributed by atoms with E-state index in [9.17, 15) is 27.6 Å². The van der Waals surface area contributed by atoms with Crippen molar-refractivity contribution in [3.8, 4) is 5.75 Å². The molecule has 0 bridgehead atoms. The molecule has 0 aromatic heterocycles. The molecule has 2 unspecified atom stereocenters. The van der Waals surface area contributed by atoms with E-state index in [1.54, 1.807) is 26.8 Å². The van der Waals surface area contributed by atoms with Gasteiger partial charge in [0.2, 0.25) is 5.60 Å². The molecule has 3 rings (SSSR count). The summed E-state index contributed by atoms with van der Waals surface area (Å²) in [6, 6.07) is 2.46. The van der Waals surface area contributed by atoms with E-state index in [4.69, 9.17) is 18.9 Å². The highest BCUT2D eigenvalue weighted by atomic mass is 19.4. The molecule has 2 aliphatic heterocycles. The molecular formula is C30H40F3NO7. The zero-order chi connectivity index (χ0) is 30.9. The van der Waals surface area contributed by atoms with E-state index in [1.807, 2.05) is 18.7 Å². The smallest absolute Gasteiger partial charge is 0.427 e. The Kier molecular flexibility index (Phi) is 9.52. The number of halogens is 3. The molecule has 228 valence electrons. The molecule has 2 heterocycles. The number of ether oxygens (including phenoxy) is 4. The van der Waals surface area contributed by atoms with Crippen LogP contribution in [0, 0.1) is 5.92 Å². The fraction of sp³-hybridized carbons (Fsp3) is 0.633. The van der Waals surface area contributed by atoms with Gasteiger partial charge in [0.25, 0.3) is 0 Å². The molecule has 1 aromatic carbocycles. The van der Waals surface area contributed by atoms with E-state index < -0.39 is 41.1 Å². The van der Waals surface area contributed by atoms with Crippen molar-refractivity contribution in [1.29, 1.82) is 0 Å². The van der Waals surface area contributed by atoms with Crippen LogP contribution in [0.1, 0.15) is 88.8 Å². The van der Waals surface area contributed by atoms with Gasteiger partial charge in [-0.1, -0.05) is 13.8 Å². The van der Waals surface area contributed by atoms with Crippen LogP contribution in [0.3, 0.4) is 0 Å². The summed E-state index contributed by atoms with van der Waals surface area (Å²) in [6.45, 7) is 11.3. The summed E-state index contributed by atoms with van der Waals surface area (Å²) in [7, 11) is 1.53. The van der Waals surface area contributed by atoms with Gasteiger partial charge >= 0.3 is 18.1 Å². The Hall–Kier alpha value is -3.08. The van der Waals surface area contributed by atoms with E-state index in [0.717, 1.165) is 19.4 Å². The lowest BCUT2D eigenvalue weighted by atomic mass is 9.79. The van der Waals surface area contributed by atoms with Gasteiger partial charge in [0, 0.05) is 38.8 Å². The Balaban J connectivity index is 2.09. The number of nitrogens with zero attached hydrogens (tertiary/aromatic N) is 1. The highest BCUT2D eigenvalue weighted by Gasteiger charge is 2.51. The van der Waals surface area contributed by atoms with Gasteiger partial charge in [-0.2, -0.15) is 13.2 Å². The van der Waals surface area contributed by atoms with Gasteiger partial charge in [0.15, 0.2) is 5.78 Å². The predicted octanol–water partition coefficient (Wildman–Crippen LogP) is 5.72. The molecule has 0 spiro atoms. The van der Waals surface area contributed by atoms with Gasteiger partial charge in [0.1, 0.15) is 22.5 Å². The van der Waals surface area contributed by atoms with Crippen molar-refractivity contribution in [3.63, 3.8) is 0 Å². The minimum absolute atomic E-state index is 0.0602. The molecule has 0 saturated carbocycles. The van der Waals surface area contributed by atoms with Crippen LogP contribution in [-0.4, -0.2) is 66.4 Å². The maximum atomic E-state index is 13.5. The summed E-state index contributed by atoms with van der Waals surface area (Å²) in [4.78, 5) is 41.2. The standard InChI is InChI=1S/C30H40F3NO7/c1-17(2)22-12-18-13-25(39-11-9-10-38-8)20(26(36)41-29(6,7)30(31,32)33)14-19(18)23-15-24(35)21(16-34(22)23)27(37)40-28(3,4)5/h13-14,16-17,22-23H,9-12,15H2,1-8H3. The number of rotatable bonds is 9. The first-order chi connectivity index (χ1) is 18.9. The fourth-order valence-electron chi connectivity index (χ4n) is 4.84. The first-order valence-electron chi connectivity index (χ1n) is 13.7. The van der Waals surface area contributed by atoms with Crippen molar-refractivity contribution < 1.29 is 46.5 Å². The molecule has 0 radical (unpaired) electrons. The second-order valence-electron chi connectivity index (χ2n) is 12.3. The van der Waals surface area contributed by atoms with E-state index >= 15 is 0 Å². The lowest BCUT2D eigenvalue weighted by Gasteiger charge is -2.47. The first-order valence-corrected chi connectivity index (χ1v) is 13.7. The highest BCUT2D eigenvalue weighted by Crippen LogP contribution is 2.44.